The topological polar surface area (TPSA) is 117 Å². The number of nitrogens with zero attached hydrogens (tertiary/aromatic N) is 1. The lowest BCUT2D eigenvalue weighted by Gasteiger charge is -2.23. The van der Waals surface area contributed by atoms with Crippen LogP contribution in [0.1, 0.15) is 41.8 Å². The van der Waals surface area contributed by atoms with E-state index < -0.39 is 16.1 Å². The minimum Gasteiger partial charge on any atom is -0.495 e. The number of amides is 2. The summed E-state index contributed by atoms with van der Waals surface area (Å²) in [5.41, 5.74) is 3.10. The Morgan fingerprint density at radius 3 is 2.41 bits per heavy atom. The fraction of sp³-hybridized carbons (Fsp3) is 0.353. The Hall–Kier alpha value is -4.15. The van der Waals surface area contributed by atoms with Gasteiger partial charge < -0.3 is 20.7 Å². The number of hydrogen-bond donors (Lipinski definition) is 3. The zero-order valence-electron chi connectivity index (χ0n) is 25.9. The molecule has 2 amide bonds. The highest BCUT2D eigenvalue weighted by molar-refractivity contribution is 7.92. The molecular weight excluding hydrogens is 576 g/mol. The van der Waals surface area contributed by atoms with E-state index in [2.05, 4.69) is 29.0 Å². The van der Waals surface area contributed by atoms with Crippen molar-refractivity contribution in [2.75, 3.05) is 36.6 Å². The minimum atomic E-state index is -3.54. The molecule has 0 saturated heterocycles. The van der Waals surface area contributed by atoms with Gasteiger partial charge in [-0.2, -0.15) is 0 Å². The summed E-state index contributed by atoms with van der Waals surface area (Å²) in [6, 6.07) is 21.2. The van der Waals surface area contributed by atoms with E-state index in [4.69, 9.17) is 4.74 Å². The highest BCUT2D eigenvalue weighted by Crippen LogP contribution is 2.39. The lowest BCUT2D eigenvalue weighted by Crippen LogP contribution is -2.48. The van der Waals surface area contributed by atoms with Crippen LogP contribution < -0.4 is 25.0 Å². The van der Waals surface area contributed by atoms with E-state index in [0.29, 0.717) is 47.5 Å². The van der Waals surface area contributed by atoms with Crippen molar-refractivity contribution in [3.8, 4) is 5.75 Å². The molecule has 0 unspecified atom stereocenters. The lowest BCUT2D eigenvalue weighted by molar-refractivity contribution is -0.117. The van der Waals surface area contributed by atoms with Gasteiger partial charge in [-0.15, -0.1) is 0 Å². The summed E-state index contributed by atoms with van der Waals surface area (Å²) < 4.78 is 31.2. The van der Waals surface area contributed by atoms with E-state index in [0.717, 1.165) is 23.8 Å². The van der Waals surface area contributed by atoms with Crippen LogP contribution in [-0.2, 0) is 21.2 Å². The number of hydrogen-bond acceptors (Lipinski definition) is 6. The summed E-state index contributed by atoms with van der Waals surface area (Å²) >= 11 is 0. The molecule has 0 aromatic heterocycles. The molecule has 9 nitrogen and oxygen atoms in total. The van der Waals surface area contributed by atoms with E-state index >= 15 is 0 Å². The monoisotopic (exact) mass is 618 g/mol. The van der Waals surface area contributed by atoms with Crippen molar-refractivity contribution in [1.82, 2.24) is 10.6 Å². The summed E-state index contributed by atoms with van der Waals surface area (Å²) in [6.45, 7) is 4.26. The van der Waals surface area contributed by atoms with Crippen molar-refractivity contribution in [2.24, 2.45) is 11.8 Å². The van der Waals surface area contributed by atoms with Gasteiger partial charge in [0.25, 0.3) is 5.91 Å². The summed E-state index contributed by atoms with van der Waals surface area (Å²) in [6.07, 6.45) is 6.85. The van der Waals surface area contributed by atoms with E-state index in [1.54, 1.807) is 44.4 Å². The van der Waals surface area contributed by atoms with Crippen LogP contribution in [0.3, 0.4) is 0 Å². The van der Waals surface area contributed by atoms with Gasteiger partial charge in [-0.25, -0.2) is 8.42 Å². The maximum atomic E-state index is 13.7. The zero-order valence-corrected chi connectivity index (χ0v) is 26.7. The summed E-state index contributed by atoms with van der Waals surface area (Å²) in [5.74, 6) is 1.11. The van der Waals surface area contributed by atoms with E-state index in [9.17, 15) is 18.0 Å². The Balaban J connectivity index is 1.52. The Kier molecular flexibility index (Phi) is 10.8. The number of sulfonamides is 1. The zero-order chi connectivity index (χ0) is 31.9. The van der Waals surface area contributed by atoms with E-state index in [1.807, 2.05) is 48.5 Å². The quantitative estimate of drug-likeness (QED) is 0.241. The SMILES string of the molecule is COc1ccccc1NC(=O)[C@H](C)NC[C@H](Cc1ccccc1)NC(=O)c1cc(/C=C\[C@H]2C[C@@H]2C)cc(N(C)S(C)(=O)=O)c1. The number of para-hydroxylation sites is 2. The van der Waals surface area contributed by atoms with Crippen molar-refractivity contribution in [3.05, 3.63) is 95.6 Å². The number of ether oxygens (including phenoxy) is 1. The second-order valence-corrected chi connectivity index (χ2v) is 13.5. The predicted octanol–water partition coefficient (Wildman–Crippen LogP) is 4.72. The molecule has 3 aromatic carbocycles. The minimum absolute atomic E-state index is 0.239. The Morgan fingerprint density at radius 1 is 1.07 bits per heavy atom. The van der Waals surface area contributed by atoms with Gasteiger partial charge in [-0.05, 0) is 73.1 Å². The molecule has 1 saturated carbocycles. The summed E-state index contributed by atoms with van der Waals surface area (Å²) in [7, 11) is -0.517. The van der Waals surface area contributed by atoms with Crippen molar-refractivity contribution in [3.63, 3.8) is 0 Å². The van der Waals surface area contributed by atoms with Gasteiger partial charge in [0.05, 0.1) is 30.8 Å². The average molecular weight is 619 g/mol. The Morgan fingerprint density at radius 2 is 1.75 bits per heavy atom. The molecule has 0 radical (unpaired) electrons. The third-order valence-electron chi connectivity index (χ3n) is 7.86. The van der Waals surface area contributed by atoms with E-state index in [-0.39, 0.29) is 17.9 Å². The molecule has 1 fully saturated rings. The molecule has 1 aliphatic carbocycles. The molecule has 0 spiro atoms. The number of allylic oxidation sites excluding steroid dienone is 1. The Labute approximate surface area is 260 Å². The molecule has 0 bridgehead atoms. The Bertz CT molecular complexity index is 1590. The number of rotatable bonds is 14. The molecule has 1 aliphatic rings. The first-order valence-electron chi connectivity index (χ1n) is 14.7. The smallest absolute Gasteiger partial charge is 0.251 e. The second-order valence-electron chi connectivity index (χ2n) is 11.5. The predicted molar refractivity (Wildman–Crippen MR) is 176 cm³/mol. The lowest BCUT2D eigenvalue weighted by atomic mass is 10.0. The maximum absolute atomic E-state index is 13.7. The molecule has 4 atom stereocenters. The molecule has 10 heteroatoms. The highest BCUT2D eigenvalue weighted by atomic mass is 32.2. The molecule has 3 aromatic rings. The summed E-state index contributed by atoms with van der Waals surface area (Å²) in [5, 5.41) is 9.26. The van der Waals surface area contributed by atoms with Crippen LogP contribution in [0.5, 0.6) is 5.75 Å². The van der Waals surface area contributed by atoms with Crippen molar-refractivity contribution in [1.29, 1.82) is 0 Å². The molecule has 4 rings (SSSR count). The first kappa shape index (κ1) is 32.8. The van der Waals surface area contributed by atoms with Gasteiger partial charge in [0, 0.05) is 25.2 Å². The van der Waals surface area contributed by atoms with Crippen LogP contribution in [0.15, 0.2) is 78.9 Å². The normalized spacial score (nSPS) is 17.5. The number of methoxy groups -OCH3 is 1. The van der Waals surface area contributed by atoms with Gasteiger partial charge in [-0.3, -0.25) is 13.9 Å². The van der Waals surface area contributed by atoms with Crippen molar-refractivity contribution < 1.29 is 22.7 Å². The average Bonchev–Trinajstić information content (AvgIpc) is 3.72. The van der Waals surface area contributed by atoms with Crippen LogP contribution in [0.25, 0.3) is 6.08 Å². The molecule has 44 heavy (non-hydrogen) atoms. The largest absolute Gasteiger partial charge is 0.495 e. The van der Waals surface area contributed by atoms with Crippen LogP contribution in [0.4, 0.5) is 11.4 Å². The fourth-order valence-corrected chi connectivity index (χ4v) is 5.32. The number of anilines is 2. The third kappa shape index (κ3) is 9.17. The van der Waals surface area contributed by atoms with Crippen molar-refractivity contribution >= 4 is 39.3 Å². The first-order chi connectivity index (χ1) is 20.9. The van der Waals surface area contributed by atoms with Crippen LogP contribution in [-0.4, -0.2) is 59.3 Å². The molecule has 0 aliphatic heterocycles. The third-order valence-corrected chi connectivity index (χ3v) is 9.07. The molecule has 234 valence electrons. The van der Waals surface area contributed by atoms with Crippen LogP contribution in [0, 0.1) is 11.8 Å². The second kappa shape index (κ2) is 14.5. The highest BCUT2D eigenvalue weighted by Gasteiger charge is 2.29. The molecule has 3 N–H and O–H groups in total. The summed E-state index contributed by atoms with van der Waals surface area (Å²) in [4.78, 5) is 26.7. The fourth-order valence-electron chi connectivity index (χ4n) is 4.83. The number of carbonyl (C=O) groups excluding carboxylic acids is 2. The molecular formula is C34H42N4O5S. The van der Waals surface area contributed by atoms with Gasteiger partial charge >= 0.3 is 0 Å². The van der Waals surface area contributed by atoms with Crippen molar-refractivity contribution in [2.45, 2.75) is 38.8 Å². The maximum Gasteiger partial charge on any atom is 0.251 e. The number of carbonyl (C=O) groups is 2. The number of nitrogens with one attached hydrogen (secondary N) is 3. The van der Waals surface area contributed by atoms with Crippen LogP contribution in [0.2, 0.25) is 0 Å². The molecule has 0 heterocycles. The standard InChI is InChI=1S/C34H42N4O5S/c1-23-17-27(23)16-15-26-18-28(21-30(20-26)38(3)44(5,41)42)34(40)36-29(19-25-11-7-6-8-12-25)22-35-24(2)33(39)37-31-13-9-10-14-32(31)43-4/h6-16,18,20-21,23-24,27,29,35H,17,19,22H2,1-5H3,(H,36,40)(H,37,39)/b16-15-/t23-,24-,27-,29-/m0/s1. The van der Waals surface area contributed by atoms with Gasteiger partial charge in [0.2, 0.25) is 15.9 Å². The van der Waals surface area contributed by atoms with Gasteiger partial charge in [0.1, 0.15) is 5.75 Å². The van der Waals surface area contributed by atoms with Gasteiger partial charge in [-0.1, -0.05) is 61.5 Å². The number of benzene rings is 3. The first-order valence-corrected chi connectivity index (χ1v) is 16.6. The van der Waals surface area contributed by atoms with E-state index in [1.165, 1.54) is 11.4 Å². The van der Waals surface area contributed by atoms with Gasteiger partial charge in [0.15, 0.2) is 0 Å². The van der Waals surface area contributed by atoms with Crippen LogP contribution >= 0.6 is 0 Å².